The van der Waals surface area contributed by atoms with Gasteiger partial charge in [-0.05, 0) is 61.3 Å². The molecule has 12 nitrogen and oxygen atoms in total. The van der Waals surface area contributed by atoms with Gasteiger partial charge < -0.3 is 10.1 Å². The number of aromatic nitrogens is 8. The van der Waals surface area contributed by atoms with Crippen molar-refractivity contribution in [3.8, 4) is 5.88 Å². The van der Waals surface area contributed by atoms with Gasteiger partial charge in [0.25, 0.3) is 0 Å². The number of hydrogen-bond acceptors (Lipinski definition) is 10. The third-order valence-electron chi connectivity index (χ3n) is 8.68. The highest BCUT2D eigenvalue weighted by Crippen LogP contribution is 2.34. The van der Waals surface area contributed by atoms with Crippen LogP contribution in [0, 0.1) is 5.92 Å². The van der Waals surface area contributed by atoms with E-state index in [1.807, 2.05) is 47.0 Å². The predicted molar refractivity (Wildman–Crippen MR) is 200 cm³/mol. The molecular weight excluding hydrogens is 695 g/mol. The zero-order valence-corrected chi connectivity index (χ0v) is 29.7. The first-order valence-corrected chi connectivity index (χ1v) is 19.1. The SMILES string of the molecule is O=Cc1cnn2c(CC3CC3)cc(SCc3ccccc3)nc12.O=c1[nH]c(O)c(C=c2cnn3c(=NC4CC4)cc(SCc4ccccc4)nc23)[nH]1. The molecule has 2 aliphatic rings. The number of carbonyl (C=O) groups is 1. The number of aromatic amines is 2. The number of fused-ring (bicyclic) bond motifs is 2. The molecule has 2 aromatic carbocycles. The fourth-order valence-electron chi connectivity index (χ4n) is 5.65. The first-order chi connectivity index (χ1) is 25.5. The second-order valence-electron chi connectivity index (χ2n) is 12.9. The summed E-state index contributed by atoms with van der Waals surface area (Å²) < 4.78 is 3.53. The summed E-state index contributed by atoms with van der Waals surface area (Å²) in [6, 6.07) is 25.0. The maximum absolute atomic E-state index is 11.4. The van der Waals surface area contributed by atoms with Gasteiger partial charge in [-0.15, -0.1) is 23.5 Å². The predicted octanol–water partition coefficient (Wildman–Crippen LogP) is 5.14. The Morgan fingerprint density at radius 1 is 0.827 bits per heavy atom. The van der Waals surface area contributed by atoms with Crippen molar-refractivity contribution >= 4 is 47.2 Å². The maximum atomic E-state index is 11.4. The van der Waals surface area contributed by atoms with Crippen LogP contribution < -0.4 is 16.4 Å². The first kappa shape index (κ1) is 33.7. The minimum absolute atomic E-state index is 0.216. The molecule has 3 N–H and O–H groups in total. The van der Waals surface area contributed by atoms with Gasteiger partial charge in [-0.2, -0.15) is 14.7 Å². The van der Waals surface area contributed by atoms with Crippen LogP contribution >= 0.6 is 23.5 Å². The van der Waals surface area contributed by atoms with Crippen molar-refractivity contribution in [1.82, 2.24) is 39.2 Å². The molecule has 2 saturated carbocycles. The summed E-state index contributed by atoms with van der Waals surface area (Å²) in [6.07, 6.45) is 11.5. The number of imidazole rings is 1. The van der Waals surface area contributed by atoms with Crippen LogP contribution in [0.15, 0.2) is 105 Å². The molecule has 2 fully saturated rings. The quantitative estimate of drug-likeness (QED) is 0.0932. The van der Waals surface area contributed by atoms with Crippen LogP contribution in [0.1, 0.15) is 58.6 Å². The molecule has 0 bridgehead atoms. The third-order valence-corrected chi connectivity index (χ3v) is 10.6. The molecule has 2 aliphatic carbocycles. The maximum Gasteiger partial charge on any atom is 0.326 e. The average Bonchev–Trinajstić information content (AvgIpc) is 4.06. The number of thioether (sulfide) groups is 2. The van der Waals surface area contributed by atoms with Gasteiger partial charge in [0.05, 0.1) is 24.0 Å². The zero-order valence-electron chi connectivity index (χ0n) is 28.1. The van der Waals surface area contributed by atoms with Crippen LogP contribution in [0.2, 0.25) is 0 Å². The van der Waals surface area contributed by atoms with Crippen molar-refractivity contribution in [2.24, 2.45) is 10.9 Å². The molecule has 0 radical (unpaired) electrons. The van der Waals surface area contributed by atoms with E-state index in [0.717, 1.165) is 64.2 Å². The van der Waals surface area contributed by atoms with Gasteiger partial charge in [0, 0.05) is 28.5 Å². The Labute approximate surface area is 306 Å². The number of benzene rings is 2. The van der Waals surface area contributed by atoms with Gasteiger partial charge >= 0.3 is 5.69 Å². The average molecular weight is 730 g/mol. The van der Waals surface area contributed by atoms with E-state index < -0.39 is 5.69 Å². The van der Waals surface area contributed by atoms with E-state index in [9.17, 15) is 14.7 Å². The summed E-state index contributed by atoms with van der Waals surface area (Å²) in [5.74, 6) is 2.21. The molecule has 0 saturated heterocycles. The summed E-state index contributed by atoms with van der Waals surface area (Å²) in [5.41, 5.74) is 6.08. The standard InChI is InChI=1S/C20H18N6O2S.C18H17N3OS/c27-19-15(23-20(28)25-19)8-13-10-21-26-16(22-14-6-7-14)9-17(24-18(13)26)29-11-12-4-2-1-3-5-12;22-11-15-10-19-21-16(8-13-6-7-13)9-17(20-18(15)21)23-12-14-4-2-1-3-5-14/h1-5,8-10,14,27H,6-7,11H2,(H2,23,25,28);1-5,9-11,13H,6-8,12H2. The molecule has 52 heavy (non-hydrogen) atoms. The summed E-state index contributed by atoms with van der Waals surface area (Å²) in [6.45, 7) is 0. The van der Waals surface area contributed by atoms with Crippen molar-refractivity contribution < 1.29 is 9.90 Å². The fourth-order valence-corrected chi connectivity index (χ4v) is 7.37. The highest BCUT2D eigenvalue weighted by Gasteiger charge is 2.24. The molecule has 0 atom stereocenters. The monoisotopic (exact) mass is 729 g/mol. The van der Waals surface area contributed by atoms with Crippen LogP contribution in [-0.2, 0) is 17.9 Å². The van der Waals surface area contributed by atoms with E-state index in [1.54, 1.807) is 46.5 Å². The van der Waals surface area contributed by atoms with E-state index in [4.69, 9.17) is 9.98 Å². The fraction of sp³-hybridized carbons (Fsp3) is 0.237. The smallest absolute Gasteiger partial charge is 0.326 e. The van der Waals surface area contributed by atoms with Crippen LogP contribution in [-0.4, -0.2) is 56.6 Å². The van der Waals surface area contributed by atoms with Crippen molar-refractivity contribution in [2.75, 3.05) is 0 Å². The Hall–Kier alpha value is -5.47. The molecule has 7 aromatic rings. The Morgan fingerprint density at radius 2 is 1.48 bits per heavy atom. The number of aldehydes is 1. The summed E-state index contributed by atoms with van der Waals surface area (Å²) >= 11 is 3.34. The number of carbonyl (C=O) groups excluding carboxylic acids is 1. The topological polar surface area (TPSA) is 159 Å². The van der Waals surface area contributed by atoms with E-state index in [-0.39, 0.29) is 11.6 Å². The lowest BCUT2D eigenvalue weighted by Gasteiger charge is -2.08. The Morgan fingerprint density at radius 3 is 2.10 bits per heavy atom. The minimum Gasteiger partial charge on any atom is -0.493 e. The largest absolute Gasteiger partial charge is 0.493 e. The van der Waals surface area contributed by atoms with E-state index in [1.165, 1.54) is 24.0 Å². The van der Waals surface area contributed by atoms with E-state index in [2.05, 4.69) is 55.5 Å². The van der Waals surface area contributed by atoms with Crippen LogP contribution in [0.4, 0.5) is 0 Å². The van der Waals surface area contributed by atoms with Gasteiger partial charge in [-0.1, -0.05) is 60.7 Å². The van der Waals surface area contributed by atoms with Gasteiger partial charge in [0.15, 0.2) is 23.1 Å². The Balaban J connectivity index is 0.000000153. The number of rotatable bonds is 11. The number of hydrogen-bond donors (Lipinski definition) is 3. The van der Waals surface area contributed by atoms with Crippen LogP contribution in [0.5, 0.6) is 5.88 Å². The normalized spacial score (nSPS) is 14.9. The minimum atomic E-state index is -0.471. The molecule has 262 valence electrons. The van der Waals surface area contributed by atoms with E-state index >= 15 is 0 Å². The highest BCUT2D eigenvalue weighted by atomic mass is 32.2. The highest BCUT2D eigenvalue weighted by molar-refractivity contribution is 7.98. The van der Waals surface area contributed by atoms with Gasteiger partial charge in [-0.3, -0.25) is 14.8 Å². The molecule has 0 unspecified atom stereocenters. The molecule has 0 amide bonds. The third kappa shape index (κ3) is 8.03. The second kappa shape index (κ2) is 15.0. The molecule has 0 aliphatic heterocycles. The van der Waals surface area contributed by atoms with Crippen molar-refractivity contribution in [3.63, 3.8) is 0 Å². The van der Waals surface area contributed by atoms with Crippen molar-refractivity contribution in [3.05, 3.63) is 134 Å². The first-order valence-electron chi connectivity index (χ1n) is 17.1. The van der Waals surface area contributed by atoms with Crippen LogP contribution in [0.25, 0.3) is 17.4 Å². The second-order valence-corrected chi connectivity index (χ2v) is 14.9. The number of nitrogens with zero attached hydrogens (tertiary/aromatic N) is 7. The van der Waals surface area contributed by atoms with Gasteiger partial charge in [0.2, 0.25) is 5.88 Å². The zero-order chi connectivity index (χ0) is 35.4. The number of aromatic hydroxyl groups is 1. The van der Waals surface area contributed by atoms with Gasteiger partial charge in [0.1, 0.15) is 15.7 Å². The lowest BCUT2D eigenvalue weighted by molar-refractivity contribution is 0.112. The lowest BCUT2D eigenvalue weighted by Crippen LogP contribution is -2.19. The number of H-pyrrole nitrogens is 2. The lowest BCUT2D eigenvalue weighted by atomic mass is 10.2. The van der Waals surface area contributed by atoms with Crippen molar-refractivity contribution in [2.45, 2.75) is 59.7 Å². The summed E-state index contributed by atoms with van der Waals surface area (Å²) in [4.78, 5) is 41.7. The molecule has 9 rings (SSSR count). The molecular formula is C38H35N9O3S2. The Kier molecular flexibility index (Phi) is 9.72. The van der Waals surface area contributed by atoms with E-state index in [0.29, 0.717) is 28.1 Å². The Bertz CT molecular complexity index is 2540. The summed E-state index contributed by atoms with van der Waals surface area (Å²) in [7, 11) is 0. The van der Waals surface area contributed by atoms with Gasteiger partial charge in [-0.25, -0.2) is 19.3 Å². The molecule has 5 aromatic heterocycles. The molecule has 0 spiro atoms. The summed E-state index contributed by atoms with van der Waals surface area (Å²) in [5, 5.41) is 21.1. The van der Waals surface area contributed by atoms with Crippen LogP contribution in [0.3, 0.4) is 0 Å². The number of nitrogens with one attached hydrogen (secondary N) is 2. The molecule has 14 heteroatoms. The molecule has 5 heterocycles. The van der Waals surface area contributed by atoms with Crippen molar-refractivity contribution in [1.29, 1.82) is 0 Å².